The van der Waals surface area contributed by atoms with E-state index in [4.69, 9.17) is 4.74 Å². The van der Waals surface area contributed by atoms with E-state index in [1.807, 2.05) is 0 Å². The molecule has 1 aromatic carbocycles. The molecular weight excluding hydrogens is 250 g/mol. The predicted molar refractivity (Wildman–Crippen MR) is 62.9 cm³/mol. The van der Waals surface area contributed by atoms with Gasteiger partial charge in [0.2, 0.25) is 0 Å². The third-order valence-electron chi connectivity index (χ3n) is 2.70. The number of ketones is 1. The van der Waals surface area contributed by atoms with Crippen LogP contribution in [-0.2, 0) is 9.59 Å². The summed E-state index contributed by atoms with van der Waals surface area (Å²) in [5.41, 5.74) is 0.277. The second-order valence-electron chi connectivity index (χ2n) is 4.05. The van der Waals surface area contributed by atoms with Gasteiger partial charge in [0.25, 0.3) is 0 Å². The molecule has 19 heavy (non-hydrogen) atoms. The molecule has 0 saturated heterocycles. The highest BCUT2D eigenvalue weighted by atomic mass is 16.5. The molecule has 1 heterocycles. The number of rotatable bonds is 3. The first-order chi connectivity index (χ1) is 9.00. The van der Waals surface area contributed by atoms with Crippen LogP contribution < -0.4 is 9.84 Å². The van der Waals surface area contributed by atoms with E-state index in [1.165, 1.54) is 19.1 Å². The number of Topliss-reactive ketones (excluding diaryl/α,β-unsaturated/α-hetero) is 1. The summed E-state index contributed by atoms with van der Waals surface area (Å²) in [4.78, 5) is 37.8. The molecule has 1 aliphatic heterocycles. The first kappa shape index (κ1) is 12.9. The molecule has 98 valence electrons. The van der Waals surface area contributed by atoms with E-state index in [9.17, 15) is 19.5 Å². The first-order valence-corrected chi connectivity index (χ1v) is 5.60. The maximum atomic E-state index is 12.1. The summed E-state index contributed by atoms with van der Waals surface area (Å²) >= 11 is 0. The van der Waals surface area contributed by atoms with Gasteiger partial charge < -0.3 is 14.6 Å². The van der Waals surface area contributed by atoms with Gasteiger partial charge in [0.05, 0.1) is 17.6 Å². The minimum atomic E-state index is -1.38. The number of carbonyl (C=O) groups is 3. The lowest BCUT2D eigenvalue weighted by molar-refractivity contribution is -0.306. The third-order valence-corrected chi connectivity index (χ3v) is 2.70. The van der Waals surface area contributed by atoms with Crippen molar-refractivity contribution >= 4 is 23.9 Å². The first-order valence-electron chi connectivity index (χ1n) is 5.60. The third kappa shape index (κ3) is 2.52. The molecule has 0 bridgehead atoms. The number of ether oxygens (including phenoxy) is 1. The zero-order valence-electron chi connectivity index (χ0n) is 10.0. The van der Waals surface area contributed by atoms with Gasteiger partial charge in [-0.3, -0.25) is 14.6 Å². The fourth-order valence-corrected chi connectivity index (χ4v) is 1.61. The van der Waals surface area contributed by atoms with E-state index in [-0.39, 0.29) is 11.3 Å². The number of carboxylic acid groups (broad SMARTS) is 1. The smallest absolute Gasteiger partial charge is 0.327 e. The number of fused-ring (bicyclic) bond motifs is 1. The lowest BCUT2D eigenvalue weighted by Gasteiger charge is -2.19. The van der Waals surface area contributed by atoms with Crippen molar-refractivity contribution in [3.63, 3.8) is 0 Å². The fourth-order valence-electron chi connectivity index (χ4n) is 1.61. The Morgan fingerprint density at radius 2 is 2.11 bits per heavy atom. The van der Waals surface area contributed by atoms with E-state index >= 15 is 0 Å². The van der Waals surface area contributed by atoms with E-state index in [0.717, 1.165) is 6.21 Å². The van der Waals surface area contributed by atoms with Crippen LogP contribution in [0.5, 0.6) is 5.75 Å². The van der Waals surface area contributed by atoms with Gasteiger partial charge in [0, 0.05) is 6.21 Å². The van der Waals surface area contributed by atoms with Gasteiger partial charge in [-0.05, 0) is 19.1 Å². The Kier molecular flexibility index (Phi) is 3.41. The number of carbonyl (C=O) groups excluding carboxylic acids is 3. The van der Waals surface area contributed by atoms with Gasteiger partial charge in [0.1, 0.15) is 5.75 Å². The van der Waals surface area contributed by atoms with Crippen molar-refractivity contribution in [2.75, 3.05) is 0 Å². The van der Waals surface area contributed by atoms with Crippen molar-refractivity contribution in [2.45, 2.75) is 13.0 Å². The standard InChI is InChI=1S/C13H11NO5/c1-7(12(16)17)14-6-9-11(15)8-4-2-3-5-10(8)19-13(9)18/h2-7,9H,1H3,(H,16,17)/p-1/t7-,9?/m0/s1. The molecule has 0 spiro atoms. The summed E-state index contributed by atoms with van der Waals surface area (Å²) < 4.78 is 4.99. The molecule has 1 unspecified atom stereocenters. The lowest BCUT2D eigenvalue weighted by Crippen LogP contribution is -2.36. The molecule has 1 aromatic rings. The van der Waals surface area contributed by atoms with Crippen LogP contribution in [0.3, 0.4) is 0 Å². The quantitative estimate of drug-likeness (QED) is 0.319. The molecule has 0 fully saturated rings. The normalized spacial score (nSPS) is 19.9. The van der Waals surface area contributed by atoms with Crippen molar-refractivity contribution in [2.24, 2.45) is 10.9 Å². The number of carboxylic acids is 1. The Morgan fingerprint density at radius 1 is 1.42 bits per heavy atom. The Labute approximate surface area is 108 Å². The van der Waals surface area contributed by atoms with Crippen molar-refractivity contribution < 1.29 is 24.2 Å². The van der Waals surface area contributed by atoms with Crippen LogP contribution in [0.1, 0.15) is 17.3 Å². The fraction of sp³-hybridized carbons (Fsp3) is 0.231. The summed E-state index contributed by atoms with van der Waals surface area (Å²) in [5.74, 6) is -3.61. The molecule has 0 aromatic heterocycles. The number of aliphatic carboxylic acids is 1. The van der Waals surface area contributed by atoms with Crippen LogP contribution in [0, 0.1) is 5.92 Å². The number of hydrogen-bond donors (Lipinski definition) is 0. The predicted octanol–water partition coefficient (Wildman–Crippen LogP) is -0.386. The highest BCUT2D eigenvalue weighted by Crippen LogP contribution is 2.26. The maximum absolute atomic E-state index is 12.1. The number of para-hydroxylation sites is 1. The van der Waals surface area contributed by atoms with Gasteiger partial charge in [-0.2, -0.15) is 0 Å². The monoisotopic (exact) mass is 260 g/mol. The number of nitrogens with zero attached hydrogens (tertiary/aromatic N) is 1. The Morgan fingerprint density at radius 3 is 2.79 bits per heavy atom. The second-order valence-corrected chi connectivity index (χ2v) is 4.05. The van der Waals surface area contributed by atoms with Crippen LogP contribution >= 0.6 is 0 Å². The Hall–Kier alpha value is -2.50. The SMILES string of the molecule is C[C@H](N=CC1C(=O)Oc2ccccc2C1=O)C(=O)[O-]. The van der Waals surface area contributed by atoms with Crippen molar-refractivity contribution in [1.29, 1.82) is 0 Å². The molecule has 6 heteroatoms. The molecule has 0 amide bonds. The van der Waals surface area contributed by atoms with Crippen LogP contribution in [0.2, 0.25) is 0 Å². The lowest BCUT2D eigenvalue weighted by atomic mass is 9.95. The summed E-state index contributed by atoms with van der Waals surface area (Å²) in [6.45, 7) is 1.29. The summed E-state index contributed by atoms with van der Waals surface area (Å²) in [6.07, 6.45) is 1.00. The molecule has 0 radical (unpaired) electrons. The summed E-state index contributed by atoms with van der Waals surface area (Å²) in [6, 6.07) is 5.22. The molecule has 0 saturated carbocycles. The zero-order chi connectivity index (χ0) is 14.0. The highest BCUT2D eigenvalue weighted by Gasteiger charge is 2.35. The minimum Gasteiger partial charge on any atom is -0.548 e. The highest BCUT2D eigenvalue weighted by molar-refractivity contribution is 6.22. The number of hydrogen-bond acceptors (Lipinski definition) is 6. The van der Waals surface area contributed by atoms with E-state index in [0.29, 0.717) is 0 Å². The van der Waals surface area contributed by atoms with Crippen LogP contribution in [0.25, 0.3) is 0 Å². The largest absolute Gasteiger partial charge is 0.548 e. The van der Waals surface area contributed by atoms with Gasteiger partial charge in [-0.15, -0.1) is 0 Å². The molecular formula is C13H10NO5-. The Balaban J connectivity index is 2.27. The molecule has 0 aliphatic carbocycles. The number of benzene rings is 1. The van der Waals surface area contributed by atoms with Gasteiger partial charge in [-0.1, -0.05) is 12.1 Å². The number of esters is 1. The summed E-state index contributed by atoms with van der Waals surface area (Å²) in [7, 11) is 0. The van der Waals surface area contributed by atoms with Crippen LogP contribution in [-0.4, -0.2) is 30.0 Å². The van der Waals surface area contributed by atoms with Crippen LogP contribution in [0.4, 0.5) is 0 Å². The van der Waals surface area contributed by atoms with Crippen molar-refractivity contribution in [3.05, 3.63) is 29.8 Å². The van der Waals surface area contributed by atoms with Crippen molar-refractivity contribution in [3.8, 4) is 5.75 Å². The second kappa shape index (κ2) is 5.01. The molecule has 6 nitrogen and oxygen atoms in total. The van der Waals surface area contributed by atoms with Gasteiger partial charge in [-0.25, -0.2) is 0 Å². The summed E-state index contributed by atoms with van der Waals surface area (Å²) in [5, 5.41) is 10.5. The van der Waals surface area contributed by atoms with Crippen LogP contribution in [0.15, 0.2) is 29.3 Å². The molecule has 0 N–H and O–H groups in total. The van der Waals surface area contributed by atoms with Gasteiger partial charge in [0.15, 0.2) is 11.7 Å². The average molecular weight is 260 g/mol. The van der Waals surface area contributed by atoms with E-state index < -0.39 is 29.7 Å². The zero-order valence-corrected chi connectivity index (χ0v) is 10.0. The Bertz CT molecular complexity index is 578. The molecule has 2 rings (SSSR count). The van der Waals surface area contributed by atoms with Gasteiger partial charge >= 0.3 is 5.97 Å². The average Bonchev–Trinajstić information content (AvgIpc) is 2.38. The molecule has 1 aliphatic rings. The van der Waals surface area contributed by atoms with E-state index in [1.54, 1.807) is 12.1 Å². The maximum Gasteiger partial charge on any atom is 0.327 e. The topological polar surface area (TPSA) is 95.9 Å². The minimum absolute atomic E-state index is 0.204. The molecule has 2 atom stereocenters. The van der Waals surface area contributed by atoms with E-state index in [2.05, 4.69) is 4.99 Å². The van der Waals surface area contributed by atoms with Crippen molar-refractivity contribution in [1.82, 2.24) is 0 Å². The number of aliphatic imine (C=N–C) groups is 1.